The molecule has 1 aliphatic carbocycles. The third-order valence-corrected chi connectivity index (χ3v) is 3.78. The first-order valence-electron chi connectivity index (χ1n) is 7.68. The lowest BCUT2D eigenvalue weighted by Crippen LogP contribution is -2.23. The molecule has 0 radical (unpaired) electrons. The maximum Gasteiger partial charge on any atom is 0.0601 e. The van der Waals surface area contributed by atoms with Gasteiger partial charge in [-0.2, -0.15) is 0 Å². The number of pyridine rings is 2. The van der Waals surface area contributed by atoms with Gasteiger partial charge in [-0.25, -0.2) is 0 Å². The summed E-state index contributed by atoms with van der Waals surface area (Å²) in [5, 5.41) is 3.51. The Bertz CT molecular complexity index is 566. The summed E-state index contributed by atoms with van der Waals surface area (Å²) in [4.78, 5) is 11.2. The van der Waals surface area contributed by atoms with Gasteiger partial charge in [-0.05, 0) is 44.0 Å². The van der Waals surface area contributed by atoms with Crippen LogP contribution in [-0.2, 0) is 13.1 Å². The molecule has 110 valence electrons. The molecule has 0 amide bonds. The number of rotatable bonds is 7. The van der Waals surface area contributed by atoms with Gasteiger partial charge in [0.1, 0.15) is 0 Å². The van der Waals surface area contributed by atoms with Gasteiger partial charge in [-0.1, -0.05) is 6.07 Å². The normalized spacial score (nSPS) is 14.1. The van der Waals surface area contributed by atoms with Crippen LogP contribution in [0.4, 0.5) is 5.69 Å². The summed E-state index contributed by atoms with van der Waals surface area (Å²) in [6, 6.07) is 11.0. The van der Waals surface area contributed by atoms with Crippen LogP contribution in [0.1, 0.15) is 31.2 Å². The fourth-order valence-electron chi connectivity index (χ4n) is 2.37. The van der Waals surface area contributed by atoms with Gasteiger partial charge in [-0.3, -0.25) is 9.97 Å². The minimum Gasteiger partial charge on any atom is -0.366 e. The zero-order valence-corrected chi connectivity index (χ0v) is 12.5. The van der Waals surface area contributed by atoms with Crippen LogP contribution in [0.15, 0.2) is 42.7 Å². The quantitative estimate of drug-likeness (QED) is 0.848. The minimum atomic E-state index is 0.714. The molecule has 0 saturated heterocycles. The lowest BCUT2D eigenvalue weighted by Gasteiger charge is -2.23. The average molecular weight is 282 g/mol. The molecule has 1 aliphatic rings. The van der Waals surface area contributed by atoms with Gasteiger partial charge in [0.05, 0.1) is 17.9 Å². The molecule has 2 aromatic heterocycles. The molecule has 0 bridgehead atoms. The Kier molecular flexibility index (Phi) is 4.46. The third-order valence-electron chi connectivity index (χ3n) is 3.78. The minimum absolute atomic E-state index is 0.714. The summed E-state index contributed by atoms with van der Waals surface area (Å²) in [6.45, 7) is 4.82. The van der Waals surface area contributed by atoms with Crippen molar-refractivity contribution in [3.63, 3.8) is 0 Å². The zero-order chi connectivity index (χ0) is 14.5. The van der Waals surface area contributed by atoms with Gasteiger partial charge in [0, 0.05) is 37.2 Å². The van der Waals surface area contributed by atoms with E-state index in [1.165, 1.54) is 18.5 Å². The molecule has 0 unspecified atom stereocenters. The maximum atomic E-state index is 4.46. The Morgan fingerprint density at radius 2 is 2.00 bits per heavy atom. The molecule has 1 fully saturated rings. The van der Waals surface area contributed by atoms with Crippen molar-refractivity contribution in [1.29, 1.82) is 0 Å². The molecule has 0 spiro atoms. The zero-order valence-electron chi connectivity index (χ0n) is 12.5. The van der Waals surface area contributed by atoms with Crippen molar-refractivity contribution in [2.24, 2.45) is 0 Å². The van der Waals surface area contributed by atoms with Gasteiger partial charge in [0.15, 0.2) is 0 Å². The fraction of sp³-hybridized carbons (Fsp3) is 0.412. The van der Waals surface area contributed by atoms with Gasteiger partial charge in [-0.15, -0.1) is 0 Å². The van der Waals surface area contributed by atoms with E-state index in [1.54, 1.807) is 0 Å². The Balaban J connectivity index is 1.68. The molecule has 0 aliphatic heterocycles. The first kappa shape index (κ1) is 14.0. The molecule has 0 aromatic carbocycles. The Morgan fingerprint density at radius 1 is 1.14 bits per heavy atom. The number of anilines is 1. The van der Waals surface area contributed by atoms with Crippen molar-refractivity contribution in [3.05, 3.63) is 54.1 Å². The van der Waals surface area contributed by atoms with E-state index in [-0.39, 0.29) is 0 Å². The molecule has 4 heteroatoms. The first-order valence-corrected chi connectivity index (χ1v) is 7.68. The highest BCUT2D eigenvalue weighted by atomic mass is 15.1. The largest absolute Gasteiger partial charge is 0.366 e. The smallest absolute Gasteiger partial charge is 0.0601 e. The highest BCUT2D eigenvalue weighted by molar-refractivity contribution is 5.46. The van der Waals surface area contributed by atoms with Crippen LogP contribution in [0.2, 0.25) is 0 Å². The Morgan fingerprint density at radius 3 is 2.71 bits per heavy atom. The molecular formula is C17H22N4. The number of nitrogens with zero attached hydrogens (tertiary/aromatic N) is 3. The molecule has 2 aromatic rings. The first-order chi connectivity index (χ1) is 10.3. The second kappa shape index (κ2) is 6.68. The van der Waals surface area contributed by atoms with E-state index in [0.29, 0.717) is 6.04 Å². The summed E-state index contributed by atoms with van der Waals surface area (Å²) in [7, 11) is 0. The van der Waals surface area contributed by atoms with E-state index in [2.05, 4.69) is 45.3 Å². The van der Waals surface area contributed by atoms with Gasteiger partial charge in [0.25, 0.3) is 0 Å². The van der Waals surface area contributed by atoms with Crippen LogP contribution in [-0.4, -0.2) is 22.6 Å². The number of hydrogen-bond acceptors (Lipinski definition) is 4. The number of nitrogens with one attached hydrogen (secondary N) is 1. The summed E-state index contributed by atoms with van der Waals surface area (Å²) >= 11 is 0. The molecule has 0 atom stereocenters. The highest BCUT2D eigenvalue weighted by Crippen LogP contribution is 2.20. The molecular weight excluding hydrogens is 260 g/mol. The van der Waals surface area contributed by atoms with Gasteiger partial charge >= 0.3 is 0 Å². The van der Waals surface area contributed by atoms with Crippen LogP contribution in [0.5, 0.6) is 0 Å². The average Bonchev–Trinajstić information content (AvgIpc) is 3.36. The summed E-state index contributed by atoms with van der Waals surface area (Å²) < 4.78 is 0. The molecule has 1 saturated carbocycles. The predicted molar refractivity (Wildman–Crippen MR) is 85.1 cm³/mol. The second-order valence-corrected chi connectivity index (χ2v) is 5.50. The van der Waals surface area contributed by atoms with Gasteiger partial charge in [0.2, 0.25) is 0 Å². The van der Waals surface area contributed by atoms with Crippen molar-refractivity contribution >= 4 is 5.69 Å². The molecule has 1 N–H and O–H groups in total. The predicted octanol–water partition coefficient (Wildman–Crippen LogP) is 2.76. The van der Waals surface area contributed by atoms with Crippen molar-refractivity contribution in [2.75, 3.05) is 11.4 Å². The molecule has 3 rings (SSSR count). The highest BCUT2D eigenvalue weighted by Gasteiger charge is 2.20. The van der Waals surface area contributed by atoms with Crippen molar-refractivity contribution in [3.8, 4) is 0 Å². The van der Waals surface area contributed by atoms with E-state index >= 15 is 0 Å². The lowest BCUT2D eigenvalue weighted by molar-refractivity contribution is 0.673. The topological polar surface area (TPSA) is 41.1 Å². The maximum absolute atomic E-state index is 4.46. The molecule has 21 heavy (non-hydrogen) atoms. The van der Waals surface area contributed by atoms with E-state index in [9.17, 15) is 0 Å². The van der Waals surface area contributed by atoms with E-state index < -0.39 is 0 Å². The number of aromatic nitrogens is 2. The monoisotopic (exact) mass is 282 g/mol. The van der Waals surface area contributed by atoms with Crippen LogP contribution in [0.25, 0.3) is 0 Å². The number of hydrogen-bond donors (Lipinski definition) is 1. The summed E-state index contributed by atoms with van der Waals surface area (Å²) in [5.74, 6) is 0. The van der Waals surface area contributed by atoms with Crippen LogP contribution >= 0.6 is 0 Å². The van der Waals surface area contributed by atoms with Crippen LogP contribution < -0.4 is 10.2 Å². The van der Waals surface area contributed by atoms with E-state index in [4.69, 9.17) is 0 Å². The summed E-state index contributed by atoms with van der Waals surface area (Å²) in [6.07, 6.45) is 6.36. The third kappa shape index (κ3) is 4.02. The lowest BCUT2D eigenvalue weighted by atomic mass is 10.2. The Labute approximate surface area is 126 Å². The second-order valence-electron chi connectivity index (χ2n) is 5.50. The van der Waals surface area contributed by atoms with Crippen molar-refractivity contribution in [2.45, 2.75) is 38.9 Å². The van der Waals surface area contributed by atoms with Gasteiger partial charge < -0.3 is 10.2 Å². The van der Waals surface area contributed by atoms with E-state index in [0.717, 1.165) is 31.0 Å². The van der Waals surface area contributed by atoms with Crippen molar-refractivity contribution < 1.29 is 0 Å². The summed E-state index contributed by atoms with van der Waals surface area (Å²) in [5.41, 5.74) is 3.42. The van der Waals surface area contributed by atoms with E-state index in [1.807, 2.05) is 24.5 Å². The SMILES string of the molecule is CCN(Cc1ccccn1)c1ccnc(CNC2CC2)c1. The fourth-order valence-corrected chi connectivity index (χ4v) is 2.37. The van der Waals surface area contributed by atoms with Crippen molar-refractivity contribution in [1.82, 2.24) is 15.3 Å². The van der Waals surface area contributed by atoms with Crippen LogP contribution in [0, 0.1) is 0 Å². The standard InChI is InChI=1S/C17H22N4/c1-2-21(13-15-5-3-4-9-18-15)17-8-10-19-16(11-17)12-20-14-6-7-14/h3-5,8-11,14,20H,2,6-7,12-13H2,1H3. The molecule has 2 heterocycles. The Hall–Kier alpha value is -1.94. The van der Waals surface area contributed by atoms with Crippen LogP contribution in [0.3, 0.4) is 0 Å². The molecule has 4 nitrogen and oxygen atoms in total.